The lowest BCUT2D eigenvalue weighted by molar-refractivity contribution is -0.141. The smallest absolute Gasteiger partial charge is 0.331 e. The standard InChI is InChI=1S/C18H15ClF3N3O2/c19-14-4-2-1-3-12(14)9-16(26)24-7-8-25(17(27)11-24)13-5-6-23-15(10-13)18(20,21)22/h1-6,10H,7-9,11H2. The molecular weight excluding hydrogens is 383 g/mol. The van der Waals surface area contributed by atoms with Gasteiger partial charge in [0.1, 0.15) is 12.2 Å². The number of anilines is 1. The minimum atomic E-state index is -4.59. The number of carbonyl (C=O) groups excluding carboxylic acids is 2. The molecule has 0 N–H and O–H groups in total. The highest BCUT2D eigenvalue weighted by Crippen LogP contribution is 2.30. The average Bonchev–Trinajstić information content (AvgIpc) is 2.63. The van der Waals surface area contributed by atoms with E-state index in [1.807, 2.05) is 0 Å². The second-order valence-electron chi connectivity index (χ2n) is 6.03. The number of benzene rings is 1. The molecule has 3 rings (SSSR count). The quantitative estimate of drug-likeness (QED) is 0.799. The van der Waals surface area contributed by atoms with Gasteiger partial charge in [-0.3, -0.25) is 14.6 Å². The maximum absolute atomic E-state index is 12.8. The van der Waals surface area contributed by atoms with Gasteiger partial charge in [0.2, 0.25) is 11.8 Å². The fourth-order valence-corrected chi connectivity index (χ4v) is 3.02. The van der Waals surface area contributed by atoms with Crippen LogP contribution in [0, 0.1) is 0 Å². The van der Waals surface area contributed by atoms with Crippen molar-refractivity contribution in [2.75, 3.05) is 24.5 Å². The van der Waals surface area contributed by atoms with Crippen LogP contribution in [-0.4, -0.2) is 41.3 Å². The highest BCUT2D eigenvalue weighted by Gasteiger charge is 2.34. The highest BCUT2D eigenvalue weighted by molar-refractivity contribution is 6.31. The number of nitrogens with zero attached hydrogens (tertiary/aromatic N) is 3. The zero-order chi connectivity index (χ0) is 19.6. The molecule has 1 aromatic carbocycles. The third-order valence-electron chi connectivity index (χ3n) is 4.22. The number of aromatic nitrogens is 1. The van der Waals surface area contributed by atoms with Crippen LogP contribution in [0.5, 0.6) is 0 Å². The molecule has 142 valence electrons. The lowest BCUT2D eigenvalue weighted by atomic mass is 10.1. The highest BCUT2D eigenvalue weighted by atomic mass is 35.5. The summed E-state index contributed by atoms with van der Waals surface area (Å²) >= 11 is 6.05. The monoisotopic (exact) mass is 397 g/mol. The van der Waals surface area contributed by atoms with Gasteiger partial charge in [-0.2, -0.15) is 13.2 Å². The van der Waals surface area contributed by atoms with Crippen molar-refractivity contribution in [2.45, 2.75) is 12.6 Å². The summed E-state index contributed by atoms with van der Waals surface area (Å²) in [7, 11) is 0. The van der Waals surface area contributed by atoms with Gasteiger partial charge in [0.15, 0.2) is 0 Å². The zero-order valence-electron chi connectivity index (χ0n) is 14.0. The molecule has 1 aliphatic rings. The van der Waals surface area contributed by atoms with E-state index in [9.17, 15) is 22.8 Å². The van der Waals surface area contributed by atoms with E-state index in [0.717, 1.165) is 12.3 Å². The van der Waals surface area contributed by atoms with Crippen LogP contribution in [0.1, 0.15) is 11.3 Å². The summed E-state index contributed by atoms with van der Waals surface area (Å²) in [6, 6.07) is 9.10. The first-order valence-corrected chi connectivity index (χ1v) is 8.48. The third kappa shape index (κ3) is 4.39. The molecule has 0 saturated carbocycles. The van der Waals surface area contributed by atoms with Crippen LogP contribution in [0.3, 0.4) is 0 Å². The lowest BCUT2D eigenvalue weighted by Crippen LogP contribution is -2.52. The van der Waals surface area contributed by atoms with Crippen molar-refractivity contribution in [1.29, 1.82) is 0 Å². The van der Waals surface area contributed by atoms with Gasteiger partial charge >= 0.3 is 6.18 Å². The lowest BCUT2D eigenvalue weighted by Gasteiger charge is -2.34. The van der Waals surface area contributed by atoms with E-state index in [-0.39, 0.29) is 37.6 Å². The zero-order valence-corrected chi connectivity index (χ0v) is 14.8. The summed E-state index contributed by atoms with van der Waals surface area (Å²) in [4.78, 5) is 30.7. The Labute approximate surface area is 158 Å². The third-order valence-corrected chi connectivity index (χ3v) is 4.59. The van der Waals surface area contributed by atoms with Gasteiger partial charge in [-0.25, -0.2) is 0 Å². The SMILES string of the molecule is O=C(Cc1ccccc1Cl)N1CCN(c2ccnc(C(F)(F)F)c2)C(=O)C1. The van der Waals surface area contributed by atoms with Gasteiger partial charge in [-0.05, 0) is 23.8 Å². The summed E-state index contributed by atoms with van der Waals surface area (Å²) in [5.41, 5.74) is -0.298. The summed E-state index contributed by atoms with van der Waals surface area (Å²) in [5, 5.41) is 0.465. The molecule has 5 nitrogen and oxygen atoms in total. The molecule has 0 unspecified atom stereocenters. The number of pyridine rings is 1. The van der Waals surface area contributed by atoms with Gasteiger partial charge in [-0.15, -0.1) is 0 Å². The molecule has 27 heavy (non-hydrogen) atoms. The minimum absolute atomic E-state index is 0.0560. The minimum Gasteiger partial charge on any atom is -0.331 e. The number of alkyl halides is 3. The Morgan fingerprint density at radius 1 is 1.19 bits per heavy atom. The van der Waals surface area contributed by atoms with Gasteiger partial charge in [0.05, 0.1) is 6.42 Å². The molecule has 0 radical (unpaired) electrons. The summed E-state index contributed by atoms with van der Waals surface area (Å²) in [6.07, 6.45) is -3.52. The summed E-state index contributed by atoms with van der Waals surface area (Å²) in [6.45, 7) is 0.125. The first kappa shape index (κ1) is 19.2. The molecule has 1 saturated heterocycles. The fraction of sp³-hybridized carbons (Fsp3) is 0.278. The van der Waals surface area contributed by atoms with E-state index in [1.54, 1.807) is 24.3 Å². The number of halogens is 4. The Morgan fingerprint density at radius 3 is 2.59 bits per heavy atom. The Balaban J connectivity index is 1.68. The molecule has 1 fully saturated rings. The Morgan fingerprint density at radius 2 is 1.93 bits per heavy atom. The van der Waals surface area contributed by atoms with Gasteiger partial charge in [-0.1, -0.05) is 29.8 Å². The molecule has 2 heterocycles. The van der Waals surface area contributed by atoms with E-state index in [0.29, 0.717) is 10.6 Å². The van der Waals surface area contributed by atoms with Crippen LogP contribution in [-0.2, 0) is 22.2 Å². The van der Waals surface area contributed by atoms with E-state index < -0.39 is 17.8 Å². The molecule has 0 spiro atoms. The number of piperazine rings is 1. The normalized spacial score (nSPS) is 15.2. The number of rotatable bonds is 3. The number of carbonyl (C=O) groups is 2. The molecule has 1 aliphatic heterocycles. The van der Waals surface area contributed by atoms with Crippen molar-refractivity contribution in [1.82, 2.24) is 9.88 Å². The maximum atomic E-state index is 12.8. The van der Waals surface area contributed by atoms with Crippen molar-refractivity contribution < 1.29 is 22.8 Å². The molecule has 0 bridgehead atoms. The second kappa shape index (κ2) is 7.56. The van der Waals surface area contributed by atoms with Crippen molar-refractivity contribution in [3.05, 3.63) is 58.9 Å². The van der Waals surface area contributed by atoms with Crippen LogP contribution in [0.4, 0.5) is 18.9 Å². The largest absolute Gasteiger partial charge is 0.433 e. The van der Waals surface area contributed by atoms with Gasteiger partial charge < -0.3 is 9.80 Å². The number of hydrogen-bond acceptors (Lipinski definition) is 3. The van der Waals surface area contributed by atoms with Crippen LogP contribution < -0.4 is 4.90 Å². The first-order valence-electron chi connectivity index (χ1n) is 8.10. The Bertz CT molecular complexity index is 873. The van der Waals surface area contributed by atoms with Crippen LogP contribution in [0.2, 0.25) is 5.02 Å². The van der Waals surface area contributed by atoms with E-state index in [4.69, 9.17) is 11.6 Å². The maximum Gasteiger partial charge on any atom is 0.433 e. The van der Waals surface area contributed by atoms with Crippen LogP contribution in [0.25, 0.3) is 0 Å². The summed E-state index contributed by atoms with van der Waals surface area (Å²) in [5.74, 6) is -0.713. The van der Waals surface area contributed by atoms with Crippen molar-refractivity contribution in [3.8, 4) is 0 Å². The molecule has 0 aliphatic carbocycles. The number of amides is 2. The molecule has 9 heteroatoms. The van der Waals surface area contributed by atoms with Crippen molar-refractivity contribution in [2.24, 2.45) is 0 Å². The molecule has 2 amide bonds. The van der Waals surface area contributed by atoms with Crippen LogP contribution >= 0.6 is 11.6 Å². The molecular formula is C18H15ClF3N3O2. The molecule has 2 aromatic rings. The molecule has 0 atom stereocenters. The second-order valence-corrected chi connectivity index (χ2v) is 6.43. The van der Waals surface area contributed by atoms with E-state index in [2.05, 4.69) is 4.98 Å². The van der Waals surface area contributed by atoms with Crippen molar-refractivity contribution in [3.63, 3.8) is 0 Å². The topological polar surface area (TPSA) is 53.5 Å². The van der Waals surface area contributed by atoms with E-state index in [1.165, 1.54) is 15.9 Å². The van der Waals surface area contributed by atoms with Gasteiger partial charge in [0, 0.05) is 30.0 Å². The summed E-state index contributed by atoms with van der Waals surface area (Å²) < 4.78 is 38.4. The van der Waals surface area contributed by atoms with Crippen LogP contribution in [0.15, 0.2) is 42.6 Å². The predicted octanol–water partition coefficient (Wildman–Crippen LogP) is 3.17. The van der Waals surface area contributed by atoms with Crippen molar-refractivity contribution >= 4 is 29.1 Å². The Hall–Kier alpha value is -2.61. The fourth-order valence-electron chi connectivity index (χ4n) is 2.82. The average molecular weight is 398 g/mol. The first-order chi connectivity index (χ1) is 12.8. The van der Waals surface area contributed by atoms with E-state index >= 15 is 0 Å². The Kier molecular flexibility index (Phi) is 5.36. The van der Waals surface area contributed by atoms with Gasteiger partial charge in [0.25, 0.3) is 0 Å². The molecule has 1 aromatic heterocycles. The predicted molar refractivity (Wildman–Crippen MR) is 93.3 cm³/mol. The number of hydrogen-bond donors (Lipinski definition) is 0.